The maximum atomic E-state index is 13.5. The fraction of sp³-hybridized carbons (Fsp3) is 0.0625. The number of hydrogen-bond acceptors (Lipinski definition) is 5. The van der Waals surface area contributed by atoms with Gasteiger partial charge in [0.05, 0.1) is 7.11 Å². The molecule has 0 radical (unpaired) electrons. The van der Waals surface area contributed by atoms with Crippen LogP contribution in [0.5, 0.6) is 5.75 Å². The number of nitrogens with one attached hydrogen (secondary N) is 1. The Morgan fingerprint density at radius 1 is 1.25 bits per heavy atom. The summed E-state index contributed by atoms with van der Waals surface area (Å²) in [5.74, 6) is -1.42. The van der Waals surface area contributed by atoms with Crippen LogP contribution < -0.4 is 4.74 Å². The number of benzene rings is 1. The number of aromatic amines is 1. The predicted octanol–water partition coefficient (Wildman–Crippen LogP) is 3.39. The van der Waals surface area contributed by atoms with E-state index in [0.29, 0.717) is 22.8 Å². The van der Waals surface area contributed by atoms with Crippen molar-refractivity contribution in [3.63, 3.8) is 0 Å². The topological polar surface area (TPSA) is 87.7 Å². The molecule has 0 spiro atoms. The van der Waals surface area contributed by atoms with E-state index in [9.17, 15) is 8.78 Å². The molecule has 24 heavy (non-hydrogen) atoms. The molecule has 3 rings (SSSR count). The Balaban J connectivity index is 1.86. The largest absolute Gasteiger partial charge is 0.494 e. The lowest BCUT2D eigenvalue weighted by Crippen LogP contribution is -1.92. The van der Waals surface area contributed by atoms with Crippen molar-refractivity contribution in [2.24, 2.45) is 0 Å². The van der Waals surface area contributed by atoms with Crippen LogP contribution in [0.25, 0.3) is 23.6 Å². The van der Waals surface area contributed by atoms with Crippen molar-refractivity contribution in [3.8, 4) is 23.3 Å². The van der Waals surface area contributed by atoms with Crippen molar-refractivity contribution >= 4 is 12.2 Å². The number of H-pyrrole nitrogens is 1. The van der Waals surface area contributed by atoms with E-state index >= 15 is 0 Å². The van der Waals surface area contributed by atoms with Crippen LogP contribution in [0.15, 0.2) is 28.7 Å². The van der Waals surface area contributed by atoms with Crippen LogP contribution in [0.2, 0.25) is 0 Å². The van der Waals surface area contributed by atoms with Gasteiger partial charge in [0.2, 0.25) is 5.82 Å². The van der Waals surface area contributed by atoms with E-state index in [1.54, 1.807) is 24.3 Å². The molecule has 2 aromatic heterocycles. The van der Waals surface area contributed by atoms with E-state index in [1.165, 1.54) is 13.2 Å². The Morgan fingerprint density at radius 2 is 2.08 bits per heavy atom. The summed E-state index contributed by atoms with van der Waals surface area (Å²) < 4.78 is 37.2. The van der Waals surface area contributed by atoms with E-state index in [1.807, 2.05) is 6.07 Å². The summed E-state index contributed by atoms with van der Waals surface area (Å²) in [7, 11) is 1.26. The average Bonchev–Trinajstić information content (AvgIpc) is 3.23. The molecule has 0 bridgehead atoms. The summed E-state index contributed by atoms with van der Waals surface area (Å²) in [4.78, 5) is 0. The van der Waals surface area contributed by atoms with Crippen molar-refractivity contribution in [2.45, 2.75) is 0 Å². The van der Waals surface area contributed by atoms with Crippen LogP contribution in [0.4, 0.5) is 8.78 Å². The van der Waals surface area contributed by atoms with Gasteiger partial charge in [-0.25, -0.2) is 4.39 Å². The fourth-order valence-electron chi connectivity index (χ4n) is 2.06. The third kappa shape index (κ3) is 2.87. The van der Waals surface area contributed by atoms with Gasteiger partial charge in [0.1, 0.15) is 11.8 Å². The van der Waals surface area contributed by atoms with E-state index < -0.39 is 11.6 Å². The molecule has 0 saturated heterocycles. The monoisotopic (exact) mass is 328 g/mol. The van der Waals surface area contributed by atoms with Gasteiger partial charge in [-0.05, 0) is 35.9 Å². The van der Waals surface area contributed by atoms with Gasteiger partial charge in [-0.3, -0.25) is 0 Å². The lowest BCUT2D eigenvalue weighted by Gasteiger charge is -2.03. The van der Waals surface area contributed by atoms with Crippen molar-refractivity contribution in [1.82, 2.24) is 15.4 Å². The second-order valence-electron chi connectivity index (χ2n) is 4.69. The van der Waals surface area contributed by atoms with Gasteiger partial charge in [-0.1, -0.05) is 6.08 Å². The number of nitriles is 1. The van der Waals surface area contributed by atoms with Gasteiger partial charge < -0.3 is 9.15 Å². The minimum absolute atomic E-state index is 0.116. The van der Waals surface area contributed by atoms with Crippen LogP contribution in [-0.2, 0) is 0 Å². The molecule has 0 aliphatic carbocycles. The van der Waals surface area contributed by atoms with E-state index in [4.69, 9.17) is 14.4 Å². The molecule has 2 heterocycles. The Labute approximate surface area is 135 Å². The van der Waals surface area contributed by atoms with Crippen LogP contribution in [-0.4, -0.2) is 22.5 Å². The van der Waals surface area contributed by atoms with Crippen LogP contribution in [0, 0.1) is 23.0 Å². The Hall–Kier alpha value is -3.47. The lowest BCUT2D eigenvalue weighted by molar-refractivity contribution is 0.371. The third-order valence-corrected chi connectivity index (χ3v) is 3.19. The molecule has 1 N–H and O–H groups in total. The summed E-state index contributed by atoms with van der Waals surface area (Å²) in [6, 6.07) is 7.58. The number of halogens is 2. The lowest BCUT2D eigenvalue weighted by atomic mass is 10.1. The zero-order valence-electron chi connectivity index (χ0n) is 12.4. The summed E-state index contributed by atoms with van der Waals surface area (Å²) in [5.41, 5.74) is 0.819. The Bertz CT molecular complexity index is 953. The van der Waals surface area contributed by atoms with Gasteiger partial charge in [-0.2, -0.15) is 20.0 Å². The molecule has 0 amide bonds. The summed E-state index contributed by atoms with van der Waals surface area (Å²) >= 11 is 0. The molecule has 1 aromatic carbocycles. The zero-order chi connectivity index (χ0) is 17.1. The van der Waals surface area contributed by atoms with Gasteiger partial charge >= 0.3 is 0 Å². The second-order valence-corrected chi connectivity index (χ2v) is 4.69. The highest BCUT2D eigenvalue weighted by Gasteiger charge is 2.13. The molecular weight excluding hydrogens is 318 g/mol. The molecule has 0 aliphatic heterocycles. The van der Waals surface area contributed by atoms with Crippen molar-refractivity contribution in [3.05, 3.63) is 52.9 Å². The summed E-state index contributed by atoms with van der Waals surface area (Å²) in [6.45, 7) is 0. The first-order chi connectivity index (χ1) is 11.6. The predicted molar refractivity (Wildman–Crippen MR) is 80.6 cm³/mol. The highest BCUT2D eigenvalue weighted by atomic mass is 19.2. The van der Waals surface area contributed by atoms with Gasteiger partial charge in [0, 0.05) is 0 Å². The molecule has 0 unspecified atom stereocenters. The highest BCUT2D eigenvalue weighted by Crippen LogP contribution is 2.25. The molecule has 0 saturated carbocycles. The van der Waals surface area contributed by atoms with E-state index in [2.05, 4.69) is 15.4 Å². The Morgan fingerprint density at radius 3 is 2.83 bits per heavy atom. The number of ether oxygens (including phenoxy) is 1. The van der Waals surface area contributed by atoms with E-state index in [0.717, 1.165) is 6.07 Å². The van der Waals surface area contributed by atoms with Gasteiger partial charge in [-0.15, -0.1) is 5.10 Å². The van der Waals surface area contributed by atoms with Crippen molar-refractivity contribution < 1.29 is 17.9 Å². The highest BCUT2D eigenvalue weighted by molar-refractivity contribution is 5.70. The van der Waals surface area contributed by atoms with Gasteiger partial charge in [0.15, 0.2) is 28.7 Å². The average molecular weight is 328 g/mol. The smallest absolute Gasteiger partial charge is 0.200 e. The van der Waals surface area contributed by atoms with Crippen LogP contribution >= 0.6 is 0 Å². The number of nitrogens with zero attached hydrogens (tertiary/aromatic N) is 3. The minimum Gasteiger partial charge on any atom is -0.494 e. The quantitative estimate of drug-likeness (QED) is 0.793. The molecule has 0 aliphatic rings. The zero-order valence-corrected chi connectivity index (χ0v) is 12.4. The molecule has 120 valence electrons. The molecule has 0 atom stereocenters. The summed E-state index contributed by atoms with van der Waals surface area (Å²) in [5, 5.41) is 18.8. The number of rotatable bonds is 4. The number of hydrogen-bond donors (Lipinski definition) is 1. The molecule has 6 nitrogen and oxygen atoms in total. The molecule has 3 aromatic rings. The van der Waals surface area contributed by atoms with Crippen LogP contribution in [0.3, 0.4) is 0 Å². The second kappa shape index (κ2) is 6.34. The Kier molecular flexibility index (Phi) is 4.07. The molecule has 0 fully saturated rings. The van der Waals surface area contributed by atoms with Crippen molar-refractivity contribution in [1.29, 1.82) is 5.26 Å². The van der Waals surface area contributed by atoms with Crippen molar-refractivity contribution in [2.75, 3.05) is 7.11 Å². The first kappa shape index (κ1) is 15.4. The van der Waals surface area contributed by atoms with E-state index in [-0.39, 0.29) is 11.4 Å². The maximum absolute atomic E-state index is 13.5. The molecule has 8 heteroatoms. The normalized spacial score (nSPS) is 10.9. The maximum Gasteiger partial charge on any atom is 0.200 e. The number of methoxy groups -OCH3 is 1. The standard InChI is InChI=1S/C16H10F2N4O2/c1-23-14-7-9(6-11(17)15(14)18)2-3-10-4-5-13(24-10)16-12(8-19)20-22-21-16/h2-7H,1H3,(H,20,21,22)/b3-2+. The first-order valence-electron chi connectivity index (χ1n) is 6.74. The van der Waals surface area contributed by atoms with Gasteiger partial charge in [0.25, 0.3) is 0 Å². The number of furan rings is 1. The van der Waals surface area contributed by atoms with Crippen LogP contribution in [0.1, 0.15) is 17.0 Å². The molecular formula is C16H10F2N4O2. The minimum atomic E-state index is -1.04. The fourth-order valence-corrected chi connectivity index (χ4v) is 2.06. The first-order valence-corrected chi connectivity index (χ1v) is 6.74. The number of aromatic nitrogens is 3. The third-order valence-electron chi connectivity index (χ3n) is 3.19. The summed E-state index contributed by atoms with van der Waals surface area (Å²) in [6.07, 6.45) is 3.11. The SMILES string of the molecule is COc1cc(/C=C/c2ccc(-c3n[nH]nc3C#N)o2)cc(F)c1F.